The van der Waals surface area contributed by atoms with Crippen molar-refractivity contribution in [2.75, 3.05) is 7.11 Å². The van der Waals surface area contributed by atoms with E-state index in [0.29, 0.717) is 22.6 Å². The lowest BCUT2D eigenvalue weighted by Crippen LogP contribution is -2.33. The van der Waals surface area contributed by atoms with Crippen LogP contribution in [0, 0.1) is 22.7 Å². The number of amides is 1. The Kier molecular flexibility index (Phi) is 7.08. The van der Waals surface area contributed by atoms with Gasteiger partial charge in [0, 0.05) is 11.6 Å². The Bertz CT molecular complexity index is 1020. The molecule has 1 aliphatic rings. The van der Waals surface area contributed by atoms with Gasteiger partial charge in [0.15, 0.2) is 11.5 Å². The standard InChI is InChI=1S/C24H23N3O3/c1-29-23-13-17(12-20(15-26)24(28)27-21-8-4-5-9-21)10-11-22(23)30-16-19-7-3-2-6-18(19)14-25/h2-3,6-7,10-13,21H,4-5,8-9,16H2,1H3,(H,27,28). The Morgan fingerprint density at radius 3 is 2.63 bits per heavy atom. The summed E-state index contributed by atoms with van der Waals surface area (Å²) in [7, 11) is 1.52. The van der Waals surface area contributed by atoms with Crippen LogP contribution in [-0.2, 0) is 11.4 Å². The van der Waals surface area contributed by atoms with E-state index in [-0.39, 0.29) is 24.1 Å². The second kappa shape index (κ2) is 10.1. The number of methoxy groups -OCH3 is 1. The second-order valence-corrected chi connectivity index (χ2v) is 7.09. The molecular weight excluding hydrogens is 378 g/mol. The summed E-state index contributed by atoms with van der Waals surface area (Å²) in [4.78, 5) is 12.4. The lowest BCUT2D eigenvalue weighted by molar-refractivity contribution is -0.117. The van der Waals surface area contributed by atoms with Crippen molar-refractivity contribution >= 4 is 12.0 Å². The Balaban J connectivity index is 1.74. The fourth-order valence-corrected chi connectivity index (χ4v) is 3.45. The molecule has 2 aromatic rings. The molecule has 1 saturated carbocycles. The zero-order valence-corrected chi connectivity index (χ0v) is 16.9. The highest BCUT2D eigenvalue weighted by molar-refractivity contribution is 6.01. The number of hydrogen-bond acceptors (Lipinski definition) is 5. The molecule has 0 bridgehead atoms. The van der Waals surface area contributed by atoms with Gasteiger partial charge in [-0.05, 0) is 42.7 Å². The van der Waals surface area contributed by atoms with E-state index < -0.39 is 0 Å². The molecule has 1 fully saturated rings. The van der Waals surface area contributed by atoms with Gasteiger partial charge in [0.05, 0.1) is 18.7 Å². The fourth-order valence-electron chi connectivity index (χ4n) is 3.45. The van der Waals surface area contributed by atoms with Crippen molar-refractivity contribution in [2.45, 2.75) is 38.3 Å². The molecule has 0 spiro atoms. The zero-order chi connectivity index (χ0) is 21.3. The first kappa shape index (κ1) is 21.0. The maximum atomic E-state index is 12.4. The highest BCUT2D eigenvalue weighted by Gasteiger charge is 2.19. The van der Waals surface area contributed by atoms with Gasteiger partial charge in [-0.25, -0.2) is 0 Å². The van der Waals surface area contributed by atoms with E-state index in [1.807, 2.05) is 18.2 Å². The Morgan fingerprint density at radius 2 is 1.93 bits per heavy atom. The summed E-state index contributed by atoms with van der Waals surface area (Å²) in [6.07, 6.45) is 5.67. The van der Waals surface area contributed by atoms with Crippen LogP contribution in [0.5, 0.6) is 11.5 Å². The van der Waals surface area contributed by atoms with E-state index in [2.05, 4.69) is 11.4 Å². The number of ether oxygens (including phenoxy) is 2. The largest absolute Gasteiger partial charge is 0.493 e. The van der Waals surface area contributed by atoms with Crippen LogP contribution in [0.15, 0.2) is 48.0 Å². The SMILES string of the molecule is COc1cc(C=C(C#N)C(=O)NC2CCCC2)ccc1OCc1ccccc1C#N. The van der Waals surface area contributed by atoms with Crippen LogP contribution >= 0.6 is 0 Å². The molecule has 0 heterocycles. The molecule has 1 aliphatic carbocycles. The van der Waals surface area contributed by atoms with Crippen LogP contribution in [-0.4, -0.2) is 19.1 Å². The molecule has 0 unspecified atom stereocenters. The van der Waals surface area contributed by atoms with Crippen LogP contribution < -0.4 is 14.8 Å². The predicted molar refractivity (Wildman–Crippen MR) is 112 cm³/mol. The summed E-state index contributed by atoms with van der Waals surface area (Å²) < 4.78 is 11.2. The van der Waals surface area contributed by atoms with Gasteiger partial charge < -0.3 is 14.8 Å². The molecule has 0 aliphatic heterocycles. The third-order valence-corrected chi connectivity index (χ3v) is 5.08. The van der Waals surface area contributed by atoms with Crippen molar-refractivity contribution in [1.82, 2.24) is 5.32 Å². The fraction of sp³-hybridized carbons (Fsp3) is 0.292. The van der Waals surface area contributed by atoms with Crippen LogP contribution in [0.25, 0.3) is 6.08 Å². The highest BCUT2D eigenvalue weighted by Crippen LogP contribution is 2.30. The summed E-state index contributed by atoms with van der Waals surface area (Å²) in [6.45, 7) is 0.225. The van der Waals surface area contributed by atoms with Crippen molar-refractivity contribution in [3.63, 3.8) is 0 Å². The molecule has 0 saturated heterocycles. The molecule has 2 aromatic carbocycles. The maximum absolute atomic E-state index is 12.4. The monoisotopic (exact) mass is 401 g/mol. The first-order valence-corrected chi connectivity index (χ1v) is 9.86. The normalized spacial score (nSPS) is 13.9. The van der Waals surface area contributed by atoms with Gasteiger partial charge in [-0.1, -0.05) is 37.1 Å². The quantitative estimate of drug-likeness (QED) is 0.556. The van der Waals surface area contributed by atoms with Gasteiger partial charge in [0.2, 0.25) is 0 Å². The van der Waals surface area contributed by atoms with Crippen molar-refractivity contribution in [3.05, 3.63) is 64.7 Å². The Morgan fingerprint density at radius 1 is 1.17 bits per heavy atom. The highest BCUT2D eigenvalue weighted by atomic mass is 16.5. The van der Waals surface area contributed by atoms with Crippen LogP contribution in [0.2, 0.25) is 0 Å². The molecule has 152 valence electrons. The van der Waals surface area contributed by atoms with Gasteiger partial charge in [-0.3, -0.25) is 4.79 Å². The molecule has 0 radical (unpaired) electrons. The summed E-state index contributed by atoms with van der Waals surface area (Å²) in [5.74, 6) is 0.639. The van der Waals surface area contributed by atoms with Gasteiger partial charge in [0.1, 0.15) is 18.2 Å². The van der Waals surface area contributed by atoms with Crippen molar-refractivity contribution in [3.8, 4) is 23.6 Å². The maximum Gasteiger partial charge on any atom is 0.262 e. The predicted octanol–water partition coefficient (Wildman–Crippen LogP) is 4.11. The zero-order valence-electron chi connectivity index (χ0n) is 16.9. The van der Waals surface area contributed by atoms with Crippen LogP contribution in [0.3, 0.4) is 0 Å². The first-order chi connectivity index (χ1) is 14.6. The van der Waals surface area contributed by atoms with Gasteiger partial charge in [-0.2, -0.15) is 10.5 Å². The van der Waals surface area contributed by atoms with E-state index in [4.69, 9.17) is 9.47 Å². The molecule has 1 N–H and O–H groups in total. The van der Waals surface area contributed by atoms with Gasteiger partial charge in [-0.15, -0.1) is 0 Å². The molecule has 3 rings (SSSR count). The average Bonchev–Trinajstić information content (AvgIpc) is 3.29. The van der Waals surface area contributed by atoms with E-state index in [9.17, 15) is 15.3 Å². The van der Waals surface area contributed by atoms with Crippen molar-refractivity contribution in [1.29, 1.82) is 10.5 Å². The minimum atomic E-state index is -0.350. The van der Waals surface area contributed by atoms with E-state index in [1.54, 1.807) is 36.4 Å². The Labute approximate surface area is 176 Å². The second-order valence-electron chi connectivity index (χ2n) is 7.09. The van der Waals surface area contributed by atoms with Gasteiger partial charge >= 0.3 is 0 Å². The van der Waals surface area contributed by atoms with E-state index in [1.165, 1.54) is 7.11 Å². The molecule has 0 aromatic heterocycles. The van der Waals surface area contributed by atoms with Crippen LogP contribution in [0.1, 0.15) is 42.4 Å². The summed E-state index contributed by atoms with van der Waals surface area (Å²) in [5.41, 5.74) is 2.06. The van der Waals surface area contributed by atoms with Crippen LogP contribution in [0.4, 0.5) is 0 Å². The van der Waals surface area contributed by atoms with Crippen molar-refractivity contribution in [2.24, 2.45) is 0 Å². The number of carbonyl (C=O) groups is 1. The number of nitrogens with zero attached hydrogens (tertiary/aromatic N) is 2. The number of benzene rings is 2. The summed E-state index contributed by atoms with van der Waals surface area (Å²) in [5, 5.41) is 21.5. The first-order valence-electron chi connectivity index (χ1n) is 9.86. The summed E-state index contributed by atoms with van der Waals surface area (Å²) >= 11 is 0. The molecular formula is C24H23N3O3. The molecule has 6 heteroatoms. The van der Waals surface area contributed by atoms with Crippen molar-refractivity contribution < 1.29 is 14.3 Å². The lowest BCUT2D eigenvalue weighted by atomic mass is 10.1. The van der Waals surface area contributed by atoms with Gasteiger partial charge in [0.25, 0.3) is 5.91 Å². The number of nitrogens with one attached hydrogen (secondary N) is 1. The minimum absolute atomic E-state index is 0.0561. The molecule has 0 atom stereocenters. The minimum Gasteiger partial charge on any atom is -0.493 e. The molecule has 6 nitrogen and oxygen atoms in total. The number of carbonyl (C=O) groups excluding carboxylic acids is 1. The third kappa shape index (κ3) is 5.18. The van der Waals surface area contributed by atoms with E-state index in [0.717, 1.165) is 31.2 Å². The summed E-state index contributed by atoms with van der Waals surface area (Å²) in [6, 6.07) is 16.7. The molecule has 30 heavy (non-hydrogen) atoms. The number of nitriles is 2. The topological polar surface area (TPSA) is 95.1 Å². The lowest BCUT2D eigenvalue weighted by Gasteiger charge is -2.13. The van der Waals surface area contributed by atoms with E-state index >= 15 is 0 Å². The molecule has 1 amide bonds. The number of hydrogen-bond donors (Lipinski definition) is 1. The average molecular weight is 401 g/mol. The number of rotatable bonds is 7. The Hall–Kier alpha value is -3.77. The third-order valence-electron chi connectivity index (χ3n) is 5.08. The smallest absolute Gasteiger partial charge is 0.262 e.